The number of para-hydroxylation sites is 1. The Morgan fingerprint density at radius 2 is 1.85 bits per heavy atom. The van der Waals surface area contributed by atoms with Crippen LogP contribution in [-0.4, -0.2) is 49.0 Å². The zero-order valence-electron chi connectivity index (χ0n) is 15.0. The van der Waals surface area contributed by atoms with Gasteiger partial charge in [0.05, 0.1) is 11.1 Å². The molecule has 0 radical (unpaired) electrons. The lowest BCUT2D eigenvalue weighted by molar-refractivity contribution is 0.100. The summed E-state index contributed by atoms with van der Waals surface area (Å²) in [6.07, 6.45) is 1.19. The predicted molar refractivity (Wildman–Crippen MR) is 107 cm³/mol. The molecule has 0 unspecified atom stereocenters. The van der Waals surface area contributed by atoms with Gasteiger partial charge >= 0.3 is 0 Å². The summed E-state index contributed by atoms with van der Waals surface area (Å²) in [6.45, 7) is 4.41. The molecule has 2 heterocycles. The van der Waals surface area contributed by atoms with Crippen LogP contribution in [0.2, 0.25) is 0 Å². The van der Waals surface area contributed by atoms with Crippen LogP contribution < -0.4 is 10.6 Å². The van der Waals surface area contributed by atoms with Gasteiger partial charge in [0.15, 0.2) is 0 Å². The Hall–Kier alpha value is -2.79. The Labute approximate surface area is 153 Å². The maximum absolute atomic E-state index is 11.6. The van der Waals surface area contributed by atoms with Crippen LogP contribution in [0.15, 0.2) is 48.5 Å². The summed E-state index contributed by atoms with van der Waals surface area (Å²) in [5, 5.41) is 0.996. The number of aromatic amines is 1. The van der Waals surface area contributed by atoms with Gasteiger partial charge in [-0.1, -0.05) is 24.3 Å². The van der Waals surface area contributed by atoms with Gasteiger partial charge < -0.3 is 20.5 Å². The first kappa shape index (κ1) is 16.7. The van der Waals surface area contributed by atoms with Crippen molar-refractivity contribution < 1.29 is 4.79 Å². The van der Waals surface area contributed by atoms with Crippen molar-refractivity contribution in [1.82, 2.24) is 9.88 Å². The Kier molecular flexibility index (Phi) is 4.39. The van der Waals surface area contributed by atoms with Gasteiger partial charge in [-0.3, -0.25) is 4.79 Å². The van der Waals surface area contributed by atoms with E-state index in [0.717, 1.165) is 48.3 Å². The van der Waals surface area contributed by atoms with Crippen LogP contribution in [0.1, 0.15) is 16.8 Å². The first-order chi connectivity index (χ1) is 12.6. The maximum atomic E-state index is 11.6. The second-order valence-electron chi connectivity index (χ2n) is 7.01. The number of carbonyl (C=O) groups is 1. The largest absolute Gasteiger partial charge is 0.370 e. The molecule has 1 aliphatic heterocycles. The number of aromatic nitrogens is 1. The van der Waals surface area contributed by atoms with Crippen LogP contribution in [0, 0.1) is 0 Å². The molecule has 1 saturated heterocycles. The van der Waals surface area contributed by atoms with E-state index in [1.165, 1.54) is 12.1 Å². The van der Waals surface area contributed by atoms with Crippen LogP contribution in [0.25, 0.3) is 22.2 Å². The number of primary amides is 1. The summed E-state index contributed by atoms with van der Waals surface area (Å²) in [7, 11) is 2.18. The molecule has 0 bridgehead atoms. The normalized spacial score (nSPS) is 16.0. The lowest BCUT2D eigenvalue weighted by Gasteiger charge is -2.23. The van der Waals surface area contributed by atoms with Crippen LogP contribution in [0.5, 0.6) is 0 Å². The van der Waals surface area contributed by atoms with Gasteiger partial charge in [-0.05, 0) is 49.8 Å². The van der Waals surface area contributed by atoms with E-state index < -0.39 is 5.91 Å². The number of nitrogens with one attached hydrogen (secondary N) is 1. The number of amides is 1. The van der Waals surface area contributed by atoms with Gasteiger partial charge in [-0.2, -0.15) is 0 Å². The molecular weight excluding hydrogens is 324 g/mol. The van der Waals surface area contributed by atoms with E-state index in [0.29, 0.717) is 5.56 Å². The number of hydrogen-bond donors (Lipinski definition) is 2. The Bertz CT molecular complexity index is 929. The van der Waals surface area contributed by atoms with Crippen LogP contribution in [-0.2, 0) is 0 Å². The summed E-state index contributed by atoms with van der Waals surface area (Å²) >= 11 is 0. The highest BCUT2D eigenvalue weighted by Crippen LogP contribution is 2.28. The molecule has 26 heavy (non-hydrogen) atoms. The molecule has 1 aromatic heterocycles. The van der Waals surface area contributed by atoms with Crippen molar-refractivity contribution in [2.75, 3.05) is 38.1 Å². The standard InChI is InChI=1S/C21H24N4O/c1-24-10-3-11-25(13-12-24)17-8-6-15(7-9-17)19-14-16-4-2-5-18(21(22)26)20(16)23-19/h2,4-9,14,23H,3,10-13H2,1H3,(H2,22,26). The molecule has 1 fully saturated rings. The fourth-order valence-corrected chi connectivity index (χ4v) is 3.67. The van der Waals surface area contributed by atoms with Gasteiger partial charge in [0.2, 0.25) is 0 Å². The quantitative estimate of drug-likeness (QED) is 0.764. The van der Waals surface area contributed by atoms with E-state index in [1.54, 1.807) is 6.07 Å². The number of nitrogens with two attached hydrogens (primary N) is 1. The molecule has 0 atom stereocenters. The summed E-state index contributed by atoms with van der Waals surface area (Å²) in [4.78, 5) is 19.8. The summed E-state index contributed by atoms with van der Waals surface area (Å²) in [5.74, 6) is -0.412. The van der Waals surface area contributed by atoms with E-state index in [1.807, 2.05) is 12.1 Å². The van der Waals surface area contributed by atoms with E-state index in [9.17, 15) is 4.79 Å². The molecule has 3 N–H and O–H groups in total. The SMILES string of the molecule is CN1CCCN(c2ccc(-c3cc4cccc(C(N)=O)c4[nH]3)cc2)CC1. The molecular formula is C21H24N4O. The molecule has 134 valence electrons. The highest BCUT2D eigenvalue weighted by atomic mass is 16.1. The first-order valence-electron chi connectivity index (χ1n) is 9.07. The third-order valence-electron chi connectivity index (χ3n) is 5.18. The molecule has 0 aliphatic carbocycles. The Morgan fingerprint density at radius 1 is 1.04 bits per heavy atom. The fraction of sp³-hybridized carbons (Fsp3) is 0.286. The summed E-state index contributed by atoms with van der Waals surface area (Å²) < 4.78 is 0. The number of nitrogens with zero attached hydrogens (tertiary/aromatic N) is 2. The van der Waals surface area contributed by atoms with Gasteiger partial charge in [0.1, 0.15) is 0 Å². The fourth-order valence-electron chi connectivity index (χ4n) is 3.67. The van der Waals surface area contributed by atoms with Crippen LogP contribution in [0.3, 0.4) is 0 Å². The number of hydrogen-bond acceptors (Lipinski definition) is 3. The lowest BCUT2D eigenvalue weighted by Crippen LogP contribution is -2.28. The molecule has 3 aromatic rings. The molecule has 1 aliphatic rings. The average Bonchev–Trinajstić information content (AvgIpc) is 2.97. The molecule has 5 nitrogen and oxygen atoms in total. The van der Waals surface area contributed by atoms with Crippen molar-refractivity contribution in [3.63, 3.8) is 0 Å². The minimum Gasteiger partial charge on any atom is -0.370 e. The molecule has 2 aromatic carbocycles. The number of rotatable bonds is 3. The minimum absolute atomic E-state index is 0.412. The van der Waals surface area contributed by atoms with Gasteiger partial charge in [0.25, 0.3) is 5.91 Å². The maximum Gasteiger partial charge on any atom is 0.250 e. The zero-order valence-corrected chi connectivity index (χ0v) is 15.0. The topological polar surface area (TPSA) is 65.4 Å². The van der Waals surface area contributed by atoms with Gasteiger partial charge in [0, 0.05) is 36.4 Å². The number of benzene rings is 2. The lowest BCUT2D eigenvalue weighted by atomic mass is 10.1. The van der Waals surface area contributed by atoms with Crippen molar-refractivity contribution in [3.05, 3.63) is 54.1 Å². The zero-order chi connectivity index (χ0) is 18.1. The monoisotopic (exact) mass is 348 g/mol. The number of H-pyrrole nitrogens is 1. The number of likely N-dealkylation sites (N-methyl/N-ethyl adjacent to an activating group) is 1. The third kappa shape index (κ3) is 3.18. The minimum atomic E-state index is -0.412. The van der Waals surface area contributed by atoms with Gasteiger partial charge in [-0.15, -0.1) is 0 Å². The molecule has 0 saturated carbocycles. The van der Waals surface area contributed by atoms with Crippen LogP contribution >= 0.6 is 0 Å². The number of carbonyl (C=O) groups excluding carboxylic acids is 1. The number of fused-ring (bicyclic) bond motifs is 1. The average molecular weight is 348 g/mol. The van der Waals surface area contributed by atoms with Crippen molar-refractivity contribution in [1.29, 1.82) is 0 Å². The number of anilines is 1. The van der Waals surface area contributed by atoms with Gasteiger partial charge in [-0.25, -0.2) is 0 Å². The highest BCUT2D eigenvalue weighted by molar-refractivity contribution is 6.06. The molecule has 1 amide bonds. The van der Waals surface area contributed by atoms with Crippen molar-refractivity contribution in [3.8, 4) is 11.3 Å². The van der Waals surface area contributed by atoms with Crippen molar-refractivity contribution in [2.24, 2.45) is 5.73 Å². The molecule has 0 spiro atoms. The first-order valence-corrected chi connectivity index (χ1v) is 9.07. The summed E-state index contributed by atoms with van der Waals surface area (Å²) in [5.41, 5.74) is 10.2. The van der Waals surface area contributed by atoms with Crippen molar-refractivity contribution in [2.45, 2.75) is 6.42 Å². The molecule has 5 heteroatoms. The Morgan fingerprint density at radius 3 is 2.62 bits per heavy atom. The smallest absolute Gasteiger partial charge is 0.250 e. The predicted octanol–water partition coefficient (Wildman–Crippen LogP) is 3.08. The highest BCUT2D eigenvalue weighted by Gasteiger charge is 2.14. The molecule has 4 rings (SSSR count). The second-order valence-corrected chi connectivity index (χ2v) is 7.01. The Balaban J connectivity index is 1.62. The van der Waals surface area contributed by atoms with E-state index in [2.05, 4.69) is 52.2 Å². The van der Waals surface area contributed by atoms with Crippen LogP contribution in [0.4, 0.5) is 5.69 Å². The second kappa shape index (κ2) is 6.84. The van der Waals surface area contributed by atoms with E-state index >= 15 is 0 Å². The van der Waals surface area contributed by atoms with E-state index in [4.69, 9.17) is 5.73 Å². The van der Waals surface area contributed by atoms with E-state index in [-0.39, 0.29) is 0 Å². The summed E-state index contributed by atoms with van der Waals surface area (Å²) in [6, 6.07) is 16.3. The third-order valence-corrected chi connectivity index (χ3v) is 5.18. The van der Waals surface area contributed by atoms with Crippen molar-refractivity contribution >= 4 is 22.5 Å².